The molecule has 160 valence electrons. The lowest BCUT2D eigenvalue weighted by Crippen LogP contribution is -2.34. The molecule has 0 unspecified atom stereocenters. The minimum atomic E-state index is -5.87. The van der Waals surface area contributed by atoms with Crippen LogP contribution in [0.15, 0.2) is 46.5 Å². The number of phenols is 1. The van der Waals surface area contributed by atoms with Crippen molar-refractivity contribution in [3.63, 3.8) is 0 Å². The Morgan fingerprint density at radius 1 is 0.931 bits per heavy atom. The summed E-state index contributed by atoms with van der Waals surface area (Å²) in [6.45, 7) is 1.16. The van der Waals surface area contributed by atoms with Gasteiger partial charge in [-0.3, -0.25) is 0 Å². The van der Waals surface area contributed by atoms with Crippen molar-refractivity contribution in [3.8, 4) is 11.4 Å². The summed E-state index contributed by atoms with van der Waals surface area (Å²) in [6, 6.07) is 1.57. The van der Waals surface area contributed by atoms with Crippen LogP contribution < -0.4 is 4.57 Å². The number of hydrogen-bond donors (Lipinski definition) is 1. The molecule has 1 N–H and O–H groups in total. The van der Waals surface area contributed by atoms with E-state index in [1.54, 1.807) is 0 Å². The molecule has 0 spiro atoms. The number of aromatic nitrogens is 1. The summed E-state index contributed by atoms with van der Waals surface area (Å²) < 4.78 is 125. The molecule has 29 heavy (non-hydrogen) atoms. The molecule has 0 aliphatic rings. The predicted molar refractivity (Wildman–Crippen MR) is 85.6 cm³/mol. The van der Waals surface area contributed by atoms with Gasteiger partial charge in [-0.1, -0.05) is 6.92 Å². The number of phenolic OH excluding ortho intramolecular Hbond substituents is 1. The molecule has 0 bridgehead atoms. The second kappa shape index (κ2) is 7.16. The van der Waals surface area contributed by atoms with E-state index in [1.807, 2.05) is 0 Å². The fraction of sp³-hybridized carbons (Fsp3) is 0.267. The van der Waals surface area contributed by atoms with E-state index in [4.69, 9.17) is 0 Å². The molecule has 6 nitrogen and oxygen atoms in total. The van der Waals surface area contributed by atoms with Crippen LogP contribution in [0.1, 0.15) is 12.5 Å². The normalized spacial score (nSPS) is 13.5. The molecule has 0 aliphatic heterocycles. The van der Waals surface area contributed by atoms with Crippen LogP contribution in [0, 0.1) is 0 Å². The maximum Gasteiger partial charge on any atom is 0.501 e. The summed E-state index contributed by atoms with van der Waals surface area (Å²) in [6.07, 6.45) is -4.09. The Balaban J connectivity index is 2.84. The van der Waals surface area contributed by atoms with E-state index < -0.39 is 63.9 Å². The minimum absolute atomic E-state index is 0.292. The van der Waals surface area contributed by atoms with E-state index in [0.717, 1.165) is 6.92 Å². The Morgan fingerprint density at radius 2 is 1.52 bits per heavy atom. The molecule has 0 aliphatic carbocycles. The van der Waals surface area contributed by atoms with Gasteiger partial charge in [-0.25, -0.2) is 16.8 Å². The molecule has 0 radical (unpaired) electrons. The second-order valence-electron chi connectivity index (χ2n) is 5.67. The SMILES string of the molecule is CCS(=O)(=O)c1cc(C(F)(F)F)c[n+](-c2cc(S(=O)(=O)C(F)(F)F)ccc2O)c1. The van der Waals surface area contributed by atoms with Crippen LogP contribution in [0.25, 0.3) is 5.69 Å². The number of rotatable bonds is 4. The van der Waals surface area contributed by atoms with Gasteiger partial charge in [-0.2, -0.15) is 30.9 Å². The third-order valence-electron chi connectivity index (χ3n) is 3.75. The lowest BCUT2D eigenvalue weighted by Gasteiger charge is -2.11. The van der Waals surface area contributed by atoms with Crippen LogP contribution >= 0.6 is 0 Å². The largest absolute Gasteiger partial charge is 0.502 e. The Bertz CT molecular complexity index is 1150. The average Bonchev–Trinajstić information content (AvgIpc) is 2.59. The molecule has 1 heterocycles. The number of benzene rings is 1. The number of halogens is 6. The summed E-state index contributed by atoms with van der Waals surface area (Å²) in [7, 11) is -10.1. The fourth-order valence-corrected chi connectivity index (χ4v) is 3.89. The number of nitrogens with zero attached hydrogens (tertiary/aromatic N) is 1. The number of aromatic hydroxyl groups is 1. The smallest absolute Gasteiger partial charge is 0.501 e. The highest BCUT2D eigenvalue weighted by Crippen LogP contribution is 2.34. The summed E-state index contributed by atoms with van der Waals surface area (Å²) in [5.74, 6) is -1.46. The molecular weight excluding hydrogens is 452 g/mol. The lowest BCUT2D eigenvalue weighted by molar-refractivity contribution is -0.599. The number of hydrogen-bond acceptors (Lipinski definition) is 5. The number of pyridine rings is 1. The lowest BCUT2D eigenvalue weighted by atomic mass is 10.2. The van der Waals surface area contributed by atoms with Gasteiger partial charge < -0.3 is 5.11 Å². The third-order valence-corrected chi connectivity index (χ3v) is 6.93. The quantitative estimate of drug-likeness (QED) is 0.555. The van der Waals surface area contributed by atoms with Crippen LogP contribution in [0.4, 0.5) is 26.3 Å². The van der Waals surface area contributed by atoms with Gasteiger partial charge in [0.15, 0.2) is 28.0 Å². The van der Waals surface area contributed by atoms with Crippen molar-refractivity contribution in [2.75, 3.05) is 5.75 Å². The second-order valence-corrected chi connectivity index (χ2v) is 9.89. The molecular formula is C15H12F6NO5S2+. The van der Waals surface area contributed by atoms with Crippen molar-refractivity contribution in [1.82, 2.24) is 0 Å². The van der Waals surface area contributed by atoms with Crippen LogP contribution in [-0.2, 0) is 25.9 Å². The van der Waals surface area contributed by atoms with Gasteiger partial charge in [0.2, 0.25) is 0 Å². The van der Waals surface area contributed by atoms with Gasteiger partial charge in [-0.05, 0) is 18.2 Å². The van der Waals surface area contributed by atoms with Crippen molar-refractivity contribution in [2.45, 2.75) is 28.4 Å². The Kier molecular flexibility index (Phi) is 5.66. The summed E-state index contributed by atoms with van der Waals surface area (Å²) in [4.78, 5) is -2.17. The zero-order valence-electron chi connectivity index (χ0n) is 14.3. The van der Waals surface area contributed by atoms with Crippen molar-refractivity contribution in [2.24, 2.45) is 0 Å². The van der Waals surface area contributed by atoms with Crippen molar-refractivity contribution in [1.29, 1.82) is 0 Å². The zero-order chi connectivity index (χ0) is 22.4. The number of alkyl halides is 6. The standard InChI is InChI=1S/C15H11F6NO5S2/c1-2-28(24,25)11-5-9(14(16,17)18)7-22(8-11)12-6-10(3-4-13(12)23)29(26,27)15(19,20)21/h3-8H,2H2,1H3/p+1. The molecule has 0 fully saturated rings. The zero-order valence-corrected chi connectivity index (χ0v) is 15.9. The van der Waals surface area contributed by atoms with Crippen LogP contribution in [-0.4, -0.2) is 33.2 Å². The maximum atomic E-state index is 13.2. The molecule has 2 aromatic rings. The van der Waals surface area contributed by atoms with Crippen molar-refractivity contribution >= 4 is 19.7 Å². The fourth-order valence-electron chi connectivity index (χ4n) is 2.19. The number of sulfone groups is 2. The highest BCUT2D eigenvalue weighted by Gasteiger charge is 2.47. The van der Waals surface area contributed by atoms with Crippen molar-refractivity contribution in [3.05, 3.63) is 42.2 Å². The molecule has 1 aromatic carbocycles. The van der Waals surface area contributed by atoms with Crippen LogP contribution in [0.3, 0.4) is 0 Å². The van der Waals surface area contributed by atoms with E-state index in [9.17, 15) is 48.3 Å². The van der Waals surface area contributed by atoms with Crippen LogP contribution in [0.5, 0.6) is 5.75 Å². The van der Waals surface area contributed by atoms with E-state index in [0.29, 0.717) is 41.2 Å². The van der Waals surface area contributed by atoms with Gasteiger partial charge in [0, 0.05) is 6.07 Å². The first-order valence-electron chi connectivity index (χ1n) is 7.52. The van der Waals surface area contributed by atoms with E-state index in [-0.39, 0.29) is 0 Å². The predicted octanol–water partition coefficient (Wildman–Crippen LogP) is 2.77. The van der Waals surface area contributed by atoms with Gasteiger partial charge in [0.25, 0.3) is 15.5 Å². The molecule has 1 aromatic heterocycles. The molecule has 0 amide bonds. The van der Waals surface area contributed by atoms with E-state index >= 15 is 0 Å². The minimum Gasteiger partial charge on any atom is -0.502 e. The first kappa shape index (κ1) is 22.9. The first-order valence-corrected chi connectivity index (χ1v) is 10.7. The molecule has 0 saturated carbocycles. The molecule has 0 atom stereocenters. The highest BCUT2D eigenvalue weighted by molar-refractivity contribution is 7.92. The summed E-state index contributed by atoms with van der Waals surface area (Å²) >= 11 is 0. The van der Waals surface area contributed by atoms with Gasteiger partial charge in [0.05, 0.1) is 10.6 Å². The molecule has 0 saturated heterocycles. The van der Waals surface area contributed by atoms with Crippen molar-refractivity contribution < 1.29 is 52.9 Å². The maximum absolute atomic E-state index is 13.2. The van der Waals surface area contributed by atoms with Gasteiger partial charge in [-0.15, -0.1) is 0 Å². The monoisotopic (exact) mass is 464 g/mol. The first-order chi connectivity index (χ1) is 13.0. The van der Waals surface area contributed by atoms with Gasteiger partial charge in [0.1, 0.15) is 10.5 Å². The Morgan fingerprint density at radius 3 is 2.00 bits per heavy atom. The van der Waals surface area contributed by atoms with Crippen LogP contribution in [0.2, 0.25) is 0 Å². The average molecular weight is 464 g/mol. The Labute approximate surface area is 160 Å². The van der Waals surface area contributed by atoms with E-state index in [1.165, 1.54) is 0 Å². The molecule has 14 heteroatoms. The third kappa shape index (κ3) is 4.47. The summed E-state index contributed by atoms with van der Waals surface area (Å²) in [5, 5.41) is 9.87. The Hall–Kier alpha value is -2.35. The molecule has 2 rings (SSSR count). The summed E-state index contributed by atoms with van der Waals surface area (Å²) in [5.41, 5.74) is -7.97. The highest BCUT2D eigenvalue weighted by atomic mass is 32.2. The van der Waals surface area contributed by atoms with E-state index in [2.05, 4.69) is 0 Å². The van der Waals surface area contributed by atoms with Gasteiger partial charge >= 0.3 is 11.7 Å². The topological polar surface area (TPSA) is 92.4 Å².